The number of likely N-dealkylation sites (tertiary alicyclic amines) is 1. The van der Waals surface area contributed by atoms with Gasteiger partial charge < -0.3 is 4.90 Å². The summed E-state index contributed by atoms with van der Waals surface area (Å²) in [6, 6.07) is 2.97. The lowest BCUT2D eigenvalue weighted by atomic mass is 10.1. The minimum Gasteiger partial charge on any atom is -0.303 e. The average Bonchev–Trinajstić information content (AvgIpc) is 2.68. The summed E-state index contributed by atoms with van der Waals surface area (Å²) in [7, 11) is 2.04. The largest absolute Gasteiger partial charge is 0.303 e. The van der Waals surface area contributed by atoms with Crippen LogP contribution in [0.4, 0.5) is 4.39 Å². The molecule has 0 amide bonds. The second-order valence-corrected chi connectivity index (χ2v) is 4.53. The first-order valence-electron chi connectivity index (χ1n) is 5.79. The Balaban J connectivity index is 2.14. The van der Waals surface area contributed by atoms with Crippen molar-refractivity contribution >= 4 is 5.84 Å². The zero-order valence-electron chi connectivity index (χ0n) is 9.91. The molecule has 1 fully saturated rings. The van der Waals surface area contributed by atoms with Crippen molar-refractivity contribution in [3.8, 4) is 0 Å². The molecule has 4 nitrogen and oxygen atoms in total. The van der Waals surface area contributed by atoms with Gasteiger partial charge in [0, 0.05) is 18.7 Å². The van der Waals surface area contributed by atoms with Crippen LogP contribution in [0.5, 0.6) is 0 Å². The number of rotatable bonds is 2. The van der Waals surface area contributed by atoms with Crippen LogP contribution >= 0.6 is 0 Å². The van der Waals surface area contributed by atoms with E-state index in [9.17, 15) is 4.39 Å². The summed E-state index contributed by atoms with van der Waals surface area (Å²) in [4.78, 5) is 2.22. The summed E-state index contributed by atoms with van der Waals surface area (Å²) in [6.45, 7) is 1.06. The third-order valence-electron chi connectivity index (χ3n) is 3.30. The van der Waals surface area contributed by atoms with Crippen molar-refractivity contribution in [1.29, 1.82) is 10.8 Å². The molecule has 0 aliphatic carbocycles. The molecule has 1 saturated heterocycles. The minimum absolute atomic E-state index is 0.150. The van der Waals surface area contributed by atoms with Crippen LogP contribution in [0.2, 0.25) is 0 Å². The van der Waals surface area contributed by atoms with Crippen LogP contribution in [0.1, 0.15) is 19.3 Å². The van der Waals surface area contributed by atoms with Crippen molar-refractivity contribution in [3.05, 3.63) is 29.6 Å². The molecule has 92 valence electrons. The van der Waals surface area contributed by atoms with Gasteiger partial charge in [-0.1, -0.05) is 0 Å². The van der Waals surface area contributed by atoms with E-state index in [-0.39, 0.29) is 11.3 Å². The Morgan fingerprint density at radius 2 is 2.29 bits per heavy atom. The first-order valence-corrected chi connectivity index (χ1v) is 5.79. The van der Waals surface area contributed by atoms with Gasteiger partial charge in [-0.15, -0.1) is 0 Å². The van der Waals surface area contributed by atoms with Crippen LogP contribution in [-0.4, -0.2) is 34.9 Å². The van der Waals surface area contributed by atoms with Gasteiger partial charge >= 0.3 is 0 Å². The van der Waals surface area contributed by atoms with E-state index in [2.05, 4.69) is 4.90 Å². The number of nitrogens with zero attached hydrogens (tertiary/aromatic N) is 2. The third-order valence-corrected chi connectivity index (χ3v) is 3.30. The first-order chi connectivity index (χ1) is 8.08. The Bertz CT molecular complexity index is 480. The summed E-state index contributed by atoms with van der Waals surface area (Å²) < 4.78 is 14.4. The maximum atomic E-state index is 13.1. The Hall–Kier alpha value is -1.49. The fourth-order valence-electron chi connectivity index (χ4n) is 2.26. The Morgan fingerprint density at radius 1 is 1.53 bits per heavy atom. The summed E-state index contributed by atoms with van der Waals surface area (Å²) in [5, 5.41) is 15.6. The Labute approximate surface area is 99.7 Å². The molecular weight excluding hydrogens is 219 g/mol. The van der Waals surface area contributed by atoms with Gasteiger partial charge in [0.15, 0.2) is 0 Å². The van der Waals surface area contributed by atoms with Crippen LogP contribution in [-0.2, 0) is 0 Å². The van der Waals surface area contributed by atoms with Gasteiger partial charge in [0.05, 0.1) is 0 Å². The predicted molar refractivity (Wildman–Crippen MR) is 63.6 cm³/mol. The van der Waals surface area contributed by atoms with Crippen molar-refractivity contribution < 1.29 is 4.39 Å². The summed E-state index contributed by atoms with van der Waals surface area (Å²) >= 11 is 0. The smallest absolute Gasteiger partial charge is 0.139 e. The third kappa shape index (κ3) is 2.61. The highest BCUT2D eigenvalue weighted by molar-refractivity contribution is 5.81. The number of halogens is 1. The summed E-state index contributed by atoms with van der Waals surface area (Å²) in [6.07, 6.45) is 3.99. The van der Waals surface area contributed by atoms with Gasteiger partial charge in [-0.25, -0.2) is 4.39 Å². The average molecular weight is 236 g/mol. The normalized spacial score (nSPS) is 20.7. The standard InChI is InChI=1S/C12H17FN4/c1-16-6-2-3-10(16)7-12(15)17-8-9(13)4-5-11(17)14/h4-5,8,10,14-15H,2-3,6-7H2,1H3. The van der Waals surface area contributed by atoms with E-state index in [1.807, 2.05) is 7.05 Å². The first kappa shape index (κ1) is 12.0. The fourth-order valence-corrected chi connectivity index (χ4v) is 2.26. The highest BCUT2D eigenvalue weighted by Crippen LogP contribution is 2.18. The molecule has 5 heteroatoms. The maximum Gasteiger partial charge on any atom is 0.139 e. The molecule has 17 heavy (non-hydrogen) atoms. The molecule has 0 bridgehead atoms. The van der Waals surface area contributed by atoms with E-state index in [0.29, 0.717) is 12.5 Å². The molecule has 1 atom stereocenters. The van der Waals surface area contributed by atoms with E-state index in [1.54, 1.807) is 0 Å². The molecule has 0 radical (unpaired) electrons. The molecule has 1 aliphatic rings. The molecule has 1 unspecified atom stereocenters. The van der Waals surface area contributed by atoms with Crippen molar-refractivity contribution in [2.24, 2.45) is 0 Å². The number of nitrogens with one attached hydrogen (secondary N) is 2. The van der Waals surface area contributed by atoms with E-state index in [0.717, 1.165) is 19.4 Å². The van der Waals surface area contributed by atoms with E-state index in [4.69, 9.17) is 10.8 Å². The zero-order valence-corrected chi connectivity index (χ0v) is 9.91. The van der Waals surface area contributed by atoms with Crippen LogP contribution in [0.15, 0.2) is 18.3 Å². The lowest BCUT2D eigenvalue weighted by molar-refractivity contribution is 0.316. The van der Waals surface area contributed by atoms with Crippen LogP contribution in [0.3, 0.4) is 0 Å². The van der Waals surface area contributed by atoms with Gasteiger partial charge in [0.25, 0.3) is 0 Å². The highest BCUT2D eigenvalue weighted by atomic mass is 19.1. The molecule has 1 aliphatic heterocycles. The van der Waals surface area contributed by atoms with Crippen LogP contribution in [0.25, 0.3) is 0 Å². The fraction of sp³-hybridized carbons (Fsp3) is 0.500. The maximum absolute atomic E-state index is 13.1. The van der Waals surface area contributed by atoms with Crippen molar-refractivity contribution in [1.82, 2.24) is 9.47 Å². The van der Waals surface area contributed by atoms with Crippen LogP contribution < -0.4 is 5.49 Å². The Kier molecular flexibility index (Phi) is 3.38. The number of aromatic nitrogens is 1. The zero-order chi connectivity index (χ0) is 12.4. The minimum atomic E-state index is -0.412. The second-order valence-electron chi connectivity index (χ2n) is 4.53. The second kappa shape index (κ2) is 4.79. The van der Waals surface area contributed by atoms with E-state index >= 15 is 0 Å². The molecule has 0 saturated carbocycles. The van der Waals surface area contributed by atoms with Gasteiger partial charge in [0.1, 0.15) is 17.1 Å². The molecular formula is C12H17FN4. The van der Waals surface area contributed by atoms with Crippen molar-refractivity contribution in [2.75, 3.05) is 13.6 Å². The molecule has 1 aromatic rings. The predicted octanol–water partition coefficient (Wildman–Crippen LogP) is 1.42. The van der Waals surface area contributed by atoms with Gasteiger partial charge in [-0.2, -0.15) is 0 Å². The SMILES string of the molecule is CN1CCCC1CC(=N)n1cc(F)ccc1=N. The number of pyridine rings is 1. The van der Waals surface area contributed by atoms with Gasteiger partial charge in [-0.3, -0.25) is 15.4 Å². The Morgan fingerprint density at radius 3 is 2.94 bits per heavy atom. The molecule has 2 rings (SSSR count). The van der Waals surface area contributed by atoms with Gasteiger partial charge in [-0.05, 0) is 38.6 Å². The van der Waals surface area contributed by atoms with Crippen LogP contribution in [0, 0.1) is 16.6 Å². The molecule has 1 aromatic heterocycles. The molecule has 2 heterocycles. The van der Waals surface area contributed by atoms with E-state index in [1.165, 1.54) is 22.9 Å². The number of hydrogen-bond donors (Lipinski definition) is 2. The van der Waals surface area contributed by atoms with Crippen molar-refractivity contribution in [2.45, 2.75) is 25.3 Å². The number of hydrogen-bond acceptors (Lipinski definition) is 3. The lowest BCUT2D eigenvalue weighted by Crippen LogP contribution is -2.33. The summed E-state index contributed by atoms with van der Waals surface area (Å²) in [5.74, 6) is -0.126. The van der Waals surface area contributed by atoms with E-state index < -0.39 is 5.82 Å². The molecule has 0 aromatic carbocycles. The molecule has 0 spiro atoms. The summed E-state index contributed by atoms with van der Waals surface area (Å²) in [5.41, 5.74) is 0.150. The van der Waals surface area contributed by atoms with Crippen molar-refractivity contribution in [3.63, 3.8) is 0 Å². The lowest BCUT2D eigenvalue weighted by Gasteiger charge is -2.20. The topological polar surface area (TPSA) is 55.9 Å². The molecule has 2 N–H and O–H groups in total. The monoisotopic (exact) mass is 236 g/mol. The quantitative estimate of drug-likeness (QED) is 0.592. The van der Waals surface area contributed by atoms with Gasteiger partial charge in [0.2, 0.25) is 0 Å². The highest BCUT2D eigenvalue weighted by Gasteiger charge is 2.22.